The summed E-state index contributed by atoms with van der Waals surface area (Å²) < 4.78 is 0. The SMILES string of the molecule is CN(C(=O)CCC1CCNCC1)c1ccc(C(C)(C)C)cc1. The molecule has 1 fully saturated rings. The highest BCUT2D eigenvalue weighted by atomic mass is 16.2. The van der Waals surface area contributed by atoms with Crippen LogP contribution in [-0.4, -0.2) is 26.0 Å². The second kappa shape index (κ2) is 7.28. The predicted molar refractivity (Wildman–Crippen MR) is 93.4 cm³/mol. The third-order valence-corrected chi connectivity index (χ3v) is 4.72. The van der Waals surface area contributed by atoms with Gasteiger partial charge in [0.15, 0.2) is 0 Å². The quantitative estimate of drug-likeness (QED) is 0.919. The molecule has 1 aliphatic heterocycles. The van der Waals surface area contributed by atoms with Gasteiger partial charge in [-0.2, -0.15) is 0 Å². The lowest BCUT2D eigenvalue weighted by Crippen LogP contribution is -2.30. The number of anilines is 1. The van der Waals surface area contributed by atoms with Crippen LogP contribution < -0.4 is 10.2 Å². The second-order valence-electron chi connectivity index (χ2n) is 7.48. The smallest absolute Gasteiger partial charge is 0.226 e. The van der Waals surface area contributed by atoms with Crippen molar-refractivity contribution in [2.75, 3.05) is 25.0 Å². The number of nitrogens with zero attached hydrogens (tertiary/aromatic N) is 1. The second-order valence-corrected chi connectivity index (χ2v) is 7.48. The molecule has 1 amide bonds. The maximum absolute atomic E-state index is 12.4. The van der Waals surface area contributed by atoms with Crippen molar-refractivity contribution < 1.29 is 4.79 Å². The molecule has 0 atom stereocenters. The maximum atomic E-state index is 12.4. The molecule has 1 N–H and O–H groups in total. The van der Waals surface area contributed by atoms with Crippen molar-refractivity contribution in [2.24, 2.45) is 5.92 Å². The number of nitrogens with one attached hydrogen (secondary N) is 1. The van der Waals surface area contributed by atoms with Crippen LogP contribution >= 0.6 is 0 Å². The predicted octanol–water partition coefficient (Wildman–Crippen LogP) is 3.73. The zero-order valence-electron chi connectivity index (χ0n) is 14.5. The van der Waals surface area contributed by atoms with Gasteiger partial charge >= 0.3 is 0 Å². The standard InChI is InChI=1S/C19H30N2O/c1-19(2,3)16-6-8-17(9-7-16)21(4)18(22)10-5-15-11-13-20-14-12-15/h6-9,15,20H,5,10-14H2,1-4H3. The highest BCUT2D eigenvalue weighted by Gasteiger charge is 2.18. The molecule has 3 nitrogen and oxygen atoms in total. The summed E-state index contributed by atoms with van der Waals surface area (Å²) in [5, 5.41) is 3.37. The molecule has 22 heavy (non-hydrogen) atoms. The minimum absolute atomic E-state index is 0.149. The van der Waals surface area contributed by atoms with E-state index in [2.05, 4.69) is 50.4 Å². The Balaban J connectivity index is 1.89. The van der Waals surface area contributed by atoms with E-state index in [0.717, 1.165) is 25.2 Å². The number of amides is 1. The van der Waals surface area contributed by atoms with E-state index in [4.69, 9.17) is 0 Å². The van der Waals surface area contributed by atoms with Crippen molar-refractivity contribution in [3.05, 3.63) is 29.8 Å². The Morgan fingerprint density at radius 3 is 2.32 bits per heavy atom. The molecule has 0 bridgehead atoms. The zero-order valence-corrected chi connectivity index (χ0v) is 14.5. The Bertz CT molecular complexity index is 481. The van der Waals surface area contributed by atoms with Crippen LogP contribution in [-0.2, 0) is 10.2 Å². The van der Waals surface area contributed by atoms with E-state index in [1.165, 1.54) is 18.4 Å². The summed E-state index contributed by atoms with van der Waals surface area (Å²) in [4.78, 5) is 14.2. The van der Waals surface area contributed by atoms with Crippen molar-refractivity contribution in [1.82, 2.24) is 5.32 Å². The number of piperidine rings is 1. The van der Waals surface area contributed by atoms with Crippen LogP contribution in [0, 0.1) is 5.92 Å². The van der Waals surface area contributed by atoms with E-state index < -0.39 is 0 Å². The van der Waals surface area contributed by atoms with Crippen LogP contribution in [0.25, 0.3) is 0 Å². The van der Waals surface area contributed by atoms with Gasteiger partial charge in [-0.25, -0.2) is 0 Å². The average molecular weight is 302 g/mol. The molecule has 0 radical (unpaired) electrons. The molecule has 0 unspecified atom stereocenters. The summed E-state index contributed by atoms with van der Waals surface area (Å²) in [6, 6.07) is 8.38. The van der Waals surface area contributed by atoms with E-state index in [9.17, 15) is 4.79 Å². The van der Waals surface area contributed by atoms with Crippen molar-refractivity contribution >= 4 is 11.6 Å². The number of carbonyl (C=O) groups is 1. The molecule has 1 aromatic carbocycles. The molecule has 1 aliphatic rings. The molecule has 0 saturated carbocycles. The molecule has 1 heterocycles. The van der Waals surface area contributed by atoms with Crippen LogP contribution in [0.4, 0.5) is 5.69 Å². The maximum Gasteiger partial charge on any atom is 0.226 e. The lowest BCUT2D eigenvalue weighted by molar-refractivity contribution is -0.118. The first-order valence-corrected chi connectivity index (χ1v) is 8.46. The minimum atomic E-state index is 0.149. The molecule has 0 aliphatic carbocycles. The topological polar surface area (TPSA) is 32.3 Å². The van der Waals surface area contributed by atoms with Crippen LogP contribution in [0.2, 0.25) is 0 Å². The number of rotatable bonds is 4. The fourth-order valence-corrected chi connectivity index (χ4v) is 2.99. The van der Waals surface area contributed by atoms with Crippen molar-refractivity contribution in [3.8, 4) is 0 Å². The molecule has 0 spiro atoms. The number of carbonyl (C=O) groups excluding carboxylic acids is 1. The highest BCUT2D eigenvalue weighted by molar-refractivity contribution is 5.92. The summed E-state index contributed by atoms with van der Waals surface area (Å²) in [5.41, 5.74) is 2.44. The van der Waals surface area contributed by atoms with Crippen LogP contribution in [0.3, 0.4) is 0 Å². The van der Waals surface area contributed by atoms with Gasteiger partial charge in [0.1, 0.15) is 0 Å². The van der Waals surface area contributed by atoms with Gasteiger partial charge in [-0.1, -0.05) is 32.9 Å². The monoisotopic (exact) mass is 302 g/mol. The van der Waals surface area contributed by atoms with Gasteiger partial charge < -0.3 is 10.2 Å². The third-order valence-electron chi connectivity index (χ3n) is 4.72. The van der Waals surface area contributed by atoms with Gasteiger partial charge in [0.2, 0.25) is 5.91 Å². The normalized spacial score (nSPS) is 16.5. The van der Waals surface area contributed by atoms with Crippen molar-refractivity contribution in [3.63, 3.8) is 0 Å². The molecule has 1 aromatic rings. The highest BCUT2D eigenvalue weighted by Crippen LogP contribution is 2.25. The van der Waals surface area contributed by atoms with E-state index in [1.807, 2.05) is 7.05 Å². The Labute approximate surface area is 135 Å². The summed E-state index contributed by atoms with van der Waals surface area (Å²) >= 11 is 0. The fourth-order valence-electron chi connectivity index (χ4n) is 2.99. The van der Waals surface area contributed by atoms with E-state index in [0.29, 0.717) is 12.3 Å². The van der Waals surface area contributed by atoms with Crippen molar-refractivity contribution in [1.29, 1.82) is 0 Å². The third kappa shape index (κ3) is 4.57. The molecule has 2 rings (SSSR count). The first-order valence-electron chi connectivity index (χ1n) is 8.46. The van der Waals surface area contributed by atoms with E-state index in [-0.39, 0.29) is 11.3 Å². The van der Waals surface area contributed by atoms with Crippen LogP contribution in [0.1, 0.15) is 52.0 Å². The first-order chi connectivity index (χ1) is 10.4. The number of hydrogen-bond donors (Lipinski definition) is 1. The lowest BCUT2D eigenvalue weighted by Gasteiger charge is -2.24. The summed E-state index contributed by atoms with van der Waals surface area (Å²) in [5.74, 6) is 0.934. The fraction of sp³-hybridized carbons (Fsp3) is 0.632. The Kier molecular flexibility index (Phi) is 5.63. The van der Waals surface area contributed by atoms with E-state index >= 15 is 0 Å². The summed E-state index contributed by atoms with van der Waals surface area (Å²) in [6.07, 6.45) is 4.08. The Morgan fingerprint density at radius 2 is 1.77 bits per heavy atom. The van der Waals surface area contributed by atoms with Gasteiger partial charge in [-0.3, -0.25) is 4.79 Å². The molecule has 122 valence electrons. The van der Waals surface area contributed by atoms with Crippen LogP contribution in [0.15, 0.2) is 24.3 Å². The number of benzene rings is 1. The largest absolute Gasteiger partial charge is 0.317 e. The molecular formula is C19H30N2O. The Hall–Kier alpha value is -1.35. The average Bonchev–Trinajstić information content (AvgIpc) is 2.52. The summed E-state index contributed by atoms with van der Waals surface area (Å²) in [6.45, 7) is 8.81. The first kappa shape index (κ1) is 17.0. The van der Waals surface area contributed by atoms with Gasteiger partial charge in [0.25, 0.3) is 0 Å². The molecule has 3 heteroatoms. The van der Waals surface area contributed by atoms with Gasteiger partial charge in [0.05, 0.1) is 0 Å². The van der Waals surface area contributed by atoms with Gasteiger partial charge in [-0.15, -0.1) is 0 Å². The molecule has 0 aromatic heterocycles. The lowest BCUT2D eigenvalue weighted by atomic mass is 9.87. The van der Waals surface area contributed by atoms with Gasteiger partial charge in [-0.05, 0) is 61.4 Å². The Morgan fingerprint density at radius 1 is 1.18 bits per heavy atom. The zero-order chi connectivity index (χ0) is 16.2. The van der Waals surface area contributed by atoms with E-state index in [1.54, 1.807) is 4.90 Å². The molecular weight excluding hydrogens is 272 g/mol. The minimum Gasteiger partial charge on any atom is -0.317 e. The number of hydrogen-bond acceptors (Lipinski definition) is 2. The van der Waals surface area contributed by atoms with Gasteiger partial charge in [0, 0.05) is 19.2 Å². The molecule has 1 saturated heterocycles. The van der Waals surface area contributed by atoms with Crippen LogP contribution in [0.5, 0.6) is 0 Å². The summed E-state index contributed by atoms with van der Waals surface area (Å²) in [7, 11) is 1.89. The van der Waals surface area contributed by atoms with Crippen molar-refractivity contribution in [2.45, 2.75) is 51.9 Å².